The van der Waals surface area contributed by atoms with E-state index in [2.05, 4.69) is 27.2 Å². The molecule has 0 bridgehead atoms. The smallest absolute Gasteiger partial charge is 0.227 e. The van der Waals surface area contributed by atoms with Crippen molar-refractivity contribution in [2.75, 3.05) is 36.4 Å². The van der Waals surface area contributed by atoms with Gasteiger partial charge >= 0.3 is 0 Å². The zero-order valence-electron chi connectivity index (χ0n) is 16.9. The van der Waals surface area contributed by atoms with Crippen molar-refractivity contribution in [3.05, 3.63) is 59.9 Å². The number of halogens is 1. The van der Waals surface area contributed by atoms with E-state index < -0.39 is 0 Å². The first-order valence-electron chi connectivity index (χ1n) is 10.8. The van der Waals surface area contributed by atoms with E-state index >= 15 is 0 Å². The minimum atomic E-state index is -0.201. The van der Waals surface area contributed by atoms with Crippen LogP contribution < -0.4 is 10.2 Å². The summed E-state index contributed by atoms with van der Waals surface area (Å²) in [5.74, 6) is -0.0218. The lowest BCUT2D eigenvalue weighted by molar-refractivity contribution is -0.121. The van der Waals surface area contributed by atoms with Gasteiger partial charge in [0.25, 0.3) is 0 Å². The van der Waals surface area contributed by atoms with E-state index in [4.69, 9.17) is 0 Å². The normalized spacial score (nSPS) is 18.6. The van der Waals surface area contributed by atoms with Crippen LogP contribution in [0.25, 0.3) is 0 Å². The summed E-state index contributed by atoms with van der Waals surface area (Å²) in [6.07, 6.45) is 5.57. The Hall–Kier alpha value is -2.40. The van der Waals surface area contributed by atoms with Crippen molar-refractivity contribution in [1.29, 1.82) is 0 Å². The number of hydrogen-bond acceptors (Lipinski definition) is 3. The largest absolute Gasteiger partial charge is 0.372 e. The lowest BCUT2D eigenvalue weighted by Crippen LogP contribution is -2.37. The molecular weight excluding hydrogens is 365 g/mol. The Labute approximate surface area is 172 Å². The van der Waals surface area contributed by atoms with E-state index in [1.807, 2.05) is 24.3 Å². The van der Waals surface area contributed by atoms with Gasteiger partial charge in [-0.2, -0.15) is 0 Å². The fourth-order valence-electron chi connectivity index (χ4n) is 4.35. The predicted octanol–water partition coefficient (Wildman–Crippen LogP) is 4.67. The number of anilines is 2. The van der Waals surface area contributed by atoms with Crippen LogP contribution in [0.15, 0.2) is 48.5 Å². The molecule has 0 aliphatic carbocycles. The highest BCUT2D eigenvalue weighted by Crippen LogP contribution is 2.24. The molecule has 4 rings (SSSR count). The van der Waals surface area contributed by atoms with Crippen LogP contribution in [-0.4, -0.2) is 37.0 Å². The molecule has 1 amide bonds. The average Bonchev–Trinajstić information content (AvgIpc) is 2.77. The second kappa shape index (κ2) is 9.40. The number of rotatable bonds is 5. The number of hydrogen-bond donors (Lipinski definition) is 1. The molecule has 0 atom stereocenters. The van der Waals surface area contributed by atoms with Crippen LogP contribution in [0.2, 0.25) is 0 Å². The molecule has 4 nitrogen and oxygen atoms in total. The molecular formula is C24H30FN3O. The molecule has 2 heterocycles. The lowest BCUT2D eigenvalue weighted by Gasteiger charge is -2.31. The van der Waals surface area contributed by atoms with Crippen molar-refractivity contribution in [1.82, 2.24) is 4.90 Å². The predicted molar refractivity (Wildman–Crippen MR) is 116 cm³/mol. The first-order chi connectivity index (χ1) is 14.2. The third-order valence-corrected chi connectivity index (χ3v) is 6.13. The zero-order chi connectivity index (χ0) is 20.1. The Morgan fingerprint density at radius 1 is 0.897 bits per heavy atom. The number of amides is 1. The Morgan fingerprint density at radius 2 is 1.55 bits per heavy atom. The molecule has 154 valence electrons. The molecule has 2 aromatic carbocycles. The van der Waals surface area contributed by atoms with Gasteiger partial charge in [0.1, 0.15) is 5.82 Å². The second-order valence-electron chi connectivity index (χ2n) is 8.26. The van der Waals surface area contributed by atoms with Crippen LogP contribution in [0, 0.1) is 11.7 Å². The zero-order valence-corrected chi connectivity index (χ0v) is 16.9. The van der Waals surface area contributed by atoms with Crippen molar-refractivity contribution in [3.8, 4) is 0 Å². The van der Waals surface area contributed by atoms with Gasteiger partial charge in [0.05, 0.1) is 0 Å². The molecule has 2 fully saturated rings. The quantitative estimate of drug-likeness (QED) is 0.799. The molecule has 2 aliphatic rings. The molecule has 0 spiro atoms. The van der Waals surface area contributed by atoms with Crippen molar-refractivity contribution >= 4 is 17.3 Å². The van der Waals surface area contributed by atoms with E-state index in [1.165, 1.54) is 37.1 Å². The van der Waals surface area contributed by atoms with Gasteiger partial charge in [-0.15, -0.1) is 0 Å². The van der Waals surface area contributed by atoms with Crippen molar-refractivity contribution in [2.24, 2.45) is 5.92 Å². The van der Waals surface area contributed by atoms with Crippen LogP contribution in [0.4, 0.5) is 15.8 Å². The van der Waals surface area contributed by atoms with Crippen LogP contribution in [0.1, 0.15) is 37.7 Å². The molecule has 2 saturated heterocycles. The van der Waals surface area contributed by atoms with Gasteiger partial charge in [-0.1, -0.05) is 12.1 Å². The van der Waals surface area contributed by atoms with E-state index in [9.17, 15) is 9.18 Å². The summed E-state index contributed by atoms with van der Waals surface area (Å²) in [6, 6.07) is 15.0. The minimum Gasteiger partial charge on any atom is -0.372 e. The summed E-state index contributed by atoms with van der Waals surface area (Å²) in [5.41, 5.74) is 3.24. The van der Waals surface area contributed by atoms with Gasteiger partial charge in [-0.05, 0) is 87.2 Å². The SMILES string of the molecule is O=C(Nc1ccc(N2CCCCC2)cc1)C1CCN(Cc2ccc(F)cc2)CC1. The first-order valence-corrected chi connectivity index (χ1v) is 10.8. The van der Waals surface area contributed by atoms with E-state index in [1.54, 1.807) is 0 Å². The third kappa shape index (κ3) is 5.36. The van der Waals surface area contributed by atoms with E-state index in [0.717, 1.165) is 56.8 Å². The minimum absolute atomic E-state index is 0.0567. The number of likely N-dealkylation sites (tertiary alicyclic amines) is 1. The maximum absolute atomic E-state index is 13.0. The Morgan fingerprint density at radius 3 is 2.21 bits per heavy atom. The van der Waals surface area contributed by atoms with Gasteiger partial charge < -0.3 is 10.2 Å². The number of nitrogens with one attached hydrogen (secondary N) is 1. The van der Waals surface area contributed by atoms with E-state index in [0.29, 0.717) is 0 Å². The summed E-state index contributed by atoms with van der Waals surface area (Å²) < 4.78 is 13.0. The Balaban J connectivity index is 1.24. The summed E-state index contributed by atoms with van der Waals surface area (Å²) in [7, 11) is 0. The van der Waals surface area contributed by atoms with Crippen molar-refractivity contribution in [2.45, 2.75) is 38.6 Å². The monoisotopic (exact) mass is 395 g/mol. The summed E-state index contributed by atoms with van der Waals surface area (Å²) in [4.78, 5) is 17.4. The number of benzene rings is 2. The van der Waals surface area contributed by atoms with Crippen LogP contribution >= 0.6 is 0 Å². The van der Waals surface area contributed by atoms with E-state index in [-0.39, 0.29) is 17.6 Å². The van der Waals surface area contributed by atoms with Gasteiger partial charge in [0.2, 0.25) is 5.91 Å². The van der Waals surface area contributed by atoms with Gasteiger partial charge in [0, 0.05) is 36.9 Å². The van der Waals surface area contributed by atoms with Crippen LogP contribution in [0.5, 0.6) is 0 Å². The number of piperidine rings is 2. The Bertz CT molecular complexity index is 792. The summed E-state index contributed by atoms with van der Waals surface area (Å²) in [6.45, 7) is 4.85. The van der Waals surface area contributed by atoms with Gasteiger partial charge in [0.15, 0.2) is 0 Å². The lowest BCUT2D eigenvalue weighted by atomic mass is 9.95. The maximum atomic E-state index is 13.0. The van der Waals surface area contributed by atoms with Crippen molar-refractivity contribution < 1.29 is 9.18 Å². The number of carbonyl (C=O) groups is 1. The van der Waals surface area contributed by atoms with Crippen molar-refractivity contribution in [3.63, 3.8) is 0 Å². The number of carbonyl (C=O) groups excluding carboxylic acids is 1. The highest BCUT2D eigenvalue weighted by Gasteiger charge is 2.25. The molecule has 0 aromatic heterocycles. The van der Waals surface area contributed by atoms with Crippen LogP contribution in [-0.2, 0) is 11.3 Å². The second-order valence-corrected chi connectivity index (χ2v) is 8.26. The molecule has 2 aromatic rings. The van der Waals surface area contributed by atoms with Gasteiger partial charge in [-0.3, -0.25) is 9.69 Å². The molecule has 0 unspecified atom stereocenters. The summed E-state index contributed by atoms with van der Waals surface area (Å²) >= 11 is 0. The van der Waals surface area contributed by atoms with Gasteiger partial charge in [-0.25, -0.2) is 4.39 Å². The highest BCUT2D eigenvalue weighted by molar-refractivity contribution is 5.92. The topological polar surface area (TPSA) is 35.6 Å². The molecule has 5 heteroatoms. The van der Waals surface area contributed by atoms with Crippen LogP contribution in [0.3, 0.4) is 0 Å². The number of nitrogens with zero attached hydrogens (tertiary/aromatic N) is 2. The standard InChI is InChI=1S/C24H30FN3O/c25-21-6-4-19(5-7-21)18-27-16-12-20(13-17-27)24(29)26-22-8-10-23(11-9-22)28-14-2-1-3-15-28/h4-11,20H,1-3,12-18H2,(H,26,29). The molecule has 29 heavy (non-hydrogen) atoms. The fraction of sp³-hybridized carbons (Fsp3) is 0.458. The molecule has 2 aliphatic heterocycles. The average molecular weight is 396 g/mol. The third-order valence-electron chi connectivity index (χ3n) is 6.13. The molecule has 1 N–H and O–H groups in total. The fourth-order valence-corrected chi connectivity index (χ4v) is 4.35. The maximum Gasteiger partial charge on any atom is 0.227 e. The molecule has 0 saturated carbocycles. The highest BCUT2D eigenvalue weighted by atomic mass is 19.1. The summed E-state index contributed by atoms with van der Waals surface area (Å²) in [5, 5.41) is 3.09. The first kappa shape index (κ1) is 19.9. The Kier molecular flexibility index (Phi) is 6.45. The molecule has 0 radical (unpaired) electrons.